The van der Waals surface area contributed by atoms with Gasteiger partial charge in [-0.15, -0.1) is 0 Å². The first-order valence-corrected chi connectivity index (χ1v) is 13.1. The molecule has 0 amide bonds. The van der Waals surface area contributed by atoms with E-state index >= 15 is 4.39 Å². The molecular formula is C28H30F3N5O. The van der Waals surface area contributed by atoms with Crippen molar-refractivity contribution in [2.75, 3.05) is 36.5 Å². The number of halogens is 3. The van der Waals surface area contributed by atoms with Crippen LogP contribution < -0.4 is 20.3 Å². The van der Waals surface area contributed by atoms with Crippen LogP contribution in [0.3, 0.4) is 0 Å². The van der Waals surface area contributed by atoms with Gasteiger partial charge in [0.05, 0.1) is 18.4 Å². The highest BCUT2D eigenvalue weighted by atomic mass is 19.1. The molecule has 37 heavy (non-hydrogen) atoms. The molecule has 2 fully saturated rings. The maximum Gasteiger partial charge on any atom is 0.227 e. The second-order valence-corrected chi connectivity index (χ2v) is 10.1. The van der Waals surface area contributed by atoms with E-state index in [0.717, 1.165) is 57.8 Å². The Morgan fingerprint density at radius 3 is 2.54 bits per heavy atom. The predicted octanol–water partition coefficient (Wildman–Crippen LogP) is 5.91. The average molecular weight is 510 g/mol. The minimum absolute atomic E-state index is 0.0251. The summed E-state index contributed by atoms with van der Waals surface area (Å²) in [7, 11) is 0. The monoisotopic (exact) mass is 509 g/mol. The Labute approximate surface area is 214 Å². The Hall–Kier alpha value is -3.33. The third-order valence-electron chi connectivity index (χ3n) is 7.73. The molecule has 6 rings (SSSR count). The minimum Gasteiger partial charge on any atom is -0.486 e. The molecule has 0 bridgehead atoms. The van der Waals surface area contributed by atoms with Crippen LogP contribution in [0.5, 0.6) is 5.75 Å². The maximum atomic E-state index is 15.1. The first-order chi connectivity index (χ1) is 18.1. The van der Waals surface area contributed by atoms with Crippen LogP contribution in [-0.4, -0.2) is 42.3 Å². The van der Waals surface area contributed by atoms with E-state index in [1.807, 2.05) is 0 Å². The second-order valence-electron chi connectivity index (χ2n) is 10.1. The van der Waals surface area contributed by atoms with E-state index in [1.54, 1.807) is 18.2 Å². The third-order valence-corrected chi connectivity index (χ3v) is 7.73. The number of nitrogens with one attached hydrogen (secondary N) is 2. The summed E-state index contributed by atoms with van der Waals surface area (Å²) in [5, 5.41) is 6.27. The lowest BCUT2D eigenvalue weighted by atomic mass is 9.90. The van der Waals surface area contributed by atoms with Crippen LogP contribution in [0.4, 0.5) is 30.5 Å². The largest absolute Gasteiger partial charge is 0.486 e. The maximum absolute atomic E-state index is 15.1. The van der Waals surface area contributed by atoms with Gasteiger partial charge in [-0.3, -0.25) is 0 Å². The Morgan fingerprint density at radius 1 is 0.946 bits per heavy atom. The number of ether oxygens (including phenoxy) is 1. The van der Waals surface area contributed by atoms with E-state index in [1.165, 1.54) is 12.1 Å². The number of piperidine rings is 1. The van der Waals surface area contributed by atoms with Crippen LogP contribution in [0, 0.1) is 17.5 Å². The molecule has 0 unspecified atom stereocenters. The number of rotatable bonds is 5. The number of anilines is 3. The zero-order valence-corrected chi connectivity index (χ0v) is 20.6. The van der Waals surface area contributed by atoms with Crippen molar-refractivity contribution in [1.82, 2.24) is 15.3 Å². The summed E-state index contributed by atoms with van der Waals surface area (Å²) in [4.78, 5) is 10.6. The fourth-order valence-corrected chi connectivity index (χ4v) is 5.86. The first kappa shape index (κ1) is 24.0. The summed E-state index contributed by atoms with van der Waals surface area (Å²) in [6.07, 6.45) is 7.24. The summed E-state index contributed by atoms with van der Waals surface area (Å²) in [5.74, 6) is -0.995. The van der Waals surface area contributed by atoms with Gasteiger partial charge in [0.25, 0.3) is 0 Å². The molecule has 0 atom stereocenters. The molecular weight excluding hydrogens is 479 g/mol. The molecule has 1 aliphatic carbocycles. The molecule has 3 aliphatic rings. The molecule has 3 aromatic rings. The quantitative estimate of drug-likeness (QED) is 0.446. The lowest BCUT2D eigenvalue weighted by Gasteiger charge is -2.36. The van der Waals surface area contributed by atoms with Crippen molar-refractivity contribution >= 4 is 17.3 Å². The number of hydrogen-bond donors (Lipinski definition) is 2. The van der Waals surface area contributed by atoms with Crippen LogP contribution >= 0.6 is 0 Å². The summed E-state index contributed by atoms with van der Waals surface area (Å²) >= 11 is 0. The number of fused-ring (bicyclic) bond motifs is 1. The van der Waals surface area contributed by atoms with Crippen molar-refractivity contribution in [1.29, 1.82) is 0 Å². The van der Waals surface area contributed by atoms with E-state index in [4.69, 9.17) is 4.74 Å². The normalized spacial score (nSPS) is 18.5. The van der Waals surface area contributed by atoms with Gasteiger partial charge in [0.2, 0.25) is 5.95 Å². The number of aromatic nitrogens is 2. The van der Waals surface area contributed by atoms with Crippen molar-refractivity contribution < 1.29 is 17.9 Å². The first-order valence-electron chi connectivity index (χ1n) is 13.1. The highest BCUT2D eigenvalue weighted by Crippen LogP contribution is 2.41. The fourth-order valence-electron chi connectivity index (χ4n) is 5.86. The van der Waals surface area contributed by atoms with Crippen LogP contribution in [0.15, 0.2) is 36.5 Å². The van der Waals surface area contributed by atoms with Gasteiger partial charge in [-0.2, -0.15) is 0 Å². The molecule has 9 heteroatoms. The molecule has 1 aromatic heterocycles. The molecule has 6 nitrogen and oxygen atoms in total. The lowest BCUT2D eigenvalue weighted by molar-refractivity contribution is 0.285. The molecule has 2 aromatic carbocycles. The van der Waals surface area contributed by atoms with Gasteiger partial charge in [-0.05, 0) is 74.5 Å². The van der Waals surface area contributed by atoms with E-state index in [9.17, 15) is 8.78 Å². The molecule has 2 aliphatic heterocycles. The predicted molar refractivity (Wildman–Crippen MR) is 137 cm³/mol. The highest BCUT2D eigenvalue weighted by molar-refractivity contribution is 5.73. The number of benzene rings is 2. The molecule has 0 radical (unpaired) electrons. The Balaban J connectivity index is 1.28. The Morgan fingerprint density at radius 2 is 1.76 bits per heavy atom. The van der Waals surface area contributed by atoms with Crippen molar-refractivity contribution in [3.63, 3.8) is 0 Å². The van der Waals surface area contributed by atoms with Crippen molar-refractivity contribution in [3.8, 4) is 17.0 Å². The number of hydrogen-bond acceptors (Lipinski definition) is 6. The summed E-state index contributed by atoms with van der Waals surface area (Å²) < 4.78 is 50.5. The summed E-state index contributed by atoms with van der Waals surface area (Å²) in [6, 6.07) is 8.31. The van der Waals surface area contributed by atoms with Crippen LogP contribution in [0.2, 0.25) is 0 Å². The van der Waals surface area contributed by atoms with Crippen molar-refractivity contribution in [2.45, 2.75) is 50.5 Å². The topological polar surface area (TPSA) is 62.3 Å². The van der Waals surface area contributed by atoms with E-state index < -0.39 is 11.6 Å². The smallest absolute Gasteiger partial charge is 0.227 e. The minimum atomic E-state index is -0.665. The van der Waals surface area contributed by atoms with E-state index in [0.29, 0.717) is 41.7 Å². The zero-order valence-electron chi connectivity index (χ0n) is 20.6. The van der Waals surface area contributed by atoms with Gasteiger partial charge in [0.1, 0.15) is 18.1 Å². The SMILES string of the molecule is Fc1cc(Nc2ncc(F)c(-c3cc(F)c4c(c3)N(C3CCCC3)CCO4)n2)ccc1C1CCNCC1. The number of nitrogens with zero attached hydrogens (tertiary/aromatic N) is 3. The average Bonchev–Trinajstić information content (AvgIpc) is 3.45. The Kier molecular flexibility index (Phi) is 6.63. The van der Waals surface area contributed by atoms with Crippen LogP contribution in [0.1, 0.15) is 50.0 Å². The zero-order chi connectivity index (χ0) is 25.4. The lowest BCUT2D eigenvalue weighted by Crippen LogP contribution is -2.40. The summed E-state index contributed by atoms with van der Waals surface area (Å²) in [5.41, 5.74) is 2.08. The molecule has 1 saturated heterocycles. The van der Waals surface area contributed by atoms with Gasteiger partial charge in [-0.1, -0.05) is 18.9 Å². The van der Waals surface area contributed by atoms with Crippen LogP contribution in [-0.2, 0) is 0 Å². The van der Waals surface area contributed by atoms with Crippen molar-refractivity contribution in [3.05, 3.63) is 59.5 Å². The van der Waals surface area contributed by atoms with Crippen LogP contribution in [0.25, 0.3) is 11.3 Å². The van der Waals surface area contributed by atoms with Gasteiger partial charge in [0.15, 0.2) is 17.4 Å². The molecule has 194 valence electrons. The van der Waals surface area contributed by atoms with Gasteiger partial charge in [0, 0.05) is 17.3 Å². The Bertz CT molecular complexity index is 1290. The highest BCUT2D eigenvalue weighted by Gasteiger charge is 2.30. The summed E-state index contributed by atoms with van der Waals surface area (Å²) in [6.45, 7) is 2.84. The van der Waals surface area contributed by atoms with Crippen molar-refractivity contribution in [2.24, 2.45) is 0 Å². The molecule has 3 heterocycles. The van der Waals surface area contributed by atoms with E-state index in [-0.39, 0.29) is 29.1 Å². The standard InChI is InChI=1S/C28H30F3N5O/c29-22-15-19(5-6-21(22)17-7-9-32-10-8-17)34-28-33-16-24(31)26(35-28)18-13-23(30)27-25(14-18)36(11-12-37-27)20-3-1-2-4-20/h5-6,13-17,20,32H,1-4,7-12H2,(H,33,34,35). The fraction of sp³-hybridized carbons (Fsp3) is 0.429. The molecule has 2 N–H and O–H groups in total. The molecule has 0 spiro atoms. The second kappa shape index (κ2) is 10.2. The third kappa shape index (κ3) is 4.84. The van der Waals surface area contributed by atoms with Gasteiger partial charge >= 0.3 is 0 Å². The van der Waals surface area contributed by atoms with E-state index in [2.05, 4.69) is 25.5 Å². The van der Waals surface area contributed by atoms with Gasteiger partial charge < -0.3 is 20.3 Å². The van der Waals surface area contributed by atoms with Gasteiger partial charge in [-0.25, -0.2) is 23.1 Å². The molecule has 1 saturated carbocycles.